The monoisotopic (exact) mass is 991 g/mol. The van der Waals surface area contributed by atoms with Crippen LogP contribution in [0.1, 0.15) is 222 Å². The summed E-state index contributed by atoms with van der Waals surface area (Å²) in [6, 6.07) is 13.7. The summed E-state index contributed by atoms with van der Waals surface area (Å²) in [4.78, 5) is 59.5. The highest BCUT2D eigenvalue weighted by Crippen LogP contribution is 2.24. The van der Waals surface area contributed by atoms with Gasteiger partial charge in [-0.15, -0.1) is 0 Å². The Morgan fingerprint density at radius 3 is 0.958 bits per heavy atom. The van der Waals surface area contributed by atoms with Crippen LogP contribution in [0.25, 0.3) is 0 Å². The SMILES string of the molecule is CCCCC/C=C\C/C=C\CCCCCCCCN(CCCCN(CCCCCCCC/C=C\C/C=C\CCCCC)CC(O)CN1C(=O)c2ccccc2C1=O)CC(O)CN1C(=O)c2ccccc2C1=O. The van der Waals surface area contributed by atoms with Crippen molar-refractivity contribution < 1.29 is 29.4 Å². The van der Waals surface area contributed by atoms with E-state index in [1.807, 2.05) is 0 Å². The average Bonchev–Trinajstić information content (AvgIpc) is 3.76. The highest BCUT2D eigenvalue weighted by Gasteiger charge is 2.37. The second-order valence-corrected chi connectivity index (χ2v) is 20.3. The zero-order chi connectivity index (χ0) is 51.4. The summed E-state index contributed by atoms with van der Waals surface area (Å²) in [6.45, 7) is 8.29. The van der Waals surface area contributed by atoms with Crippen molar-refractivity contribution >= 4 is 23.6 Å². The second-order valence-electron chi connectivity index (χ2n) is 20.3. The van der Waals surface area contributed by atoms with E-state index in [1.54, 1.807) is 48.5 Å². The molecule has 2 atom stereocenters. The van der Waals surface area contributed by atoms with Crippen molar-refractivity contribution in [2.24, 2.45) is 0 Å². The predicted molar refractivity (Wildman–Crippen MR) is 296 cm³/mol. The van der Waals surface area contributed by atoms with Crippen molar-refractivity contribution in [2.45, 2.75) is 193 Å². The topological polar surface area (TPSA) is 122 Å². The maximum absolute atomic E-state index is 13.1. The Labute approximate surface area is 435 Å². The van der Waals surface area contributed by atoms with Crippen LogP contribution >= 0.6 is 0 Å². The minimum Gasteiger partial charge on any atom is -0.390 e. The first kappa shape index (κ1) is 60.1. The van der Waals surface area contributed by atoms with Gasteiger partial charge < -0.3 is 20.0 Å². The number of benzene rings is 2. The van der Waals surface area contributed by atoms with Crippen molar-refractivity contribution in [3.8, 4) is 0 Å². The molecule has 2 aromatic carbocycles. The van der Waals surface area contributed by atoms with Crippen molar-refractivity contribution in [1.82, 2.24) is 19.6 Å². The van der Waals surface area contributed by atoms with E-state index >= 15 is 0 Å². The third-order valence-corrected chi connectivity index (χ3v) is 14.0. The Bertz CT molecular complexity index is 1770. The van der Waals surface area contributed by atoms with E-state index in [2.05, 4.69) is 72.3 Å². The quantitative estimate of drug-likeness (QED) is 0.0383. The van der Waals surface area contributed by atoms with Crippen molar-refractivity contribution in [1.29, 1.82) is 0 Å². The van der Waals surface area contributed by atoms with Crippen molar-refractivity contribution in [3.05, 3.63) is 119 Å². The number of β-amino-alcohol motifs (C(OH)–C–C–N with tert-alkyl or cyclic N) is 2. The van der Waals surface area contributed by atoms with Gasteiger partial charge in [0.25, 0.3) is 23.6 Å². The van der Waals surface area contributed by atoms with Gasteiger partial charge in [-0.05, 0) is 140 Å². The fourth-order valence-electron chi connectivity index (χ4n) is 9.85. The smallest absolute Gasteiger partial charge is 0.261 e. The fraction of sp³-hybridized carbons (Fsp3) is 0.613. The largest absolute Gasteiger partial charge is 0.390 e. The molecule has 4 amide bonds. The zero-order valence-corrected chi connectivity index (χ0v) is 44.8. The lowest BCUT2D eigenvalue weighted by Crippen LogP contribution is -2.43. The summed E-state index contributed by atoms with van der Waals surface area (Å²) in [5.74, 6) is -1.40. The molecule has 2 heterocycles. The Balaban J connectivity index is 1.24. The van der Waals surface area contributed by atoms with Crippen LogP contribution in [-0.2, 0) is 0 Å². The van der Waals surface area contributed by atoms with Crippen LogP contribution in [0.3, 0.4) is 0 Å². The minimum absolute atomic E-state index is 0.0422. The normalized spacial score (nSPS) is 14.9. The number of allylic oxidation sites excluding steroid dienone is 8. The summed E-state index contributed by atoms with van der Waals surface area (Å²) in [5.41, 5.74) is 1.56. The lowest BCUT2D eigenvalue weighted by atomic mass is 10.1. The Kier molecular flexibility index (Phi) is 31.1. The van der Waals surface area contributed by atoms with Crippen LogP contribution in [0, 0.1) is 0 Å². The van der Waals surface area contributed by atoms with Gasteiger partial charge in [-0.3, -0.25) is 29.0 Å². The molecule has 10 heteroatoms. The first-order chi connectivity index (χ1) is 35.2. The summed E-state index contributed by atoms with van der Waals surface area (Å²) in [7, 11) is 0. The number of nitrogens with zero attached hydrogens (tertiary/aromatic N) is 4. The number of hydrogen-bond acceptors (Lipinski definition) is 8. The number of carbonyl (C=O) groups is 4. The van der Waals surface area contributed by atoms with Gasteiger partial charge in [0, 0.05) is 13.1 Å². The van der Waals surface area contributed by atoms with Crippen LogP contribution in [0.2, 0.25) is 0 Å². The van der Waals surface area contributed by atoms with E-state index in [4.69, 9.17) is 0 Å². The molecule has 398 valence electrons. The van der Waals surface area contributed by atoms with Gasteiger partial charge in [0.2, 0.25) is 0 Å². The third-order valence-electron chi connectivity index (χ3n) is 14.0. The molecule has 0 radical (unpaired) electrons. The van der Waals surface area contributed by atoms with Crippen LogP contribution in [0.5, 0.6) is 0 Å². The molecule has 0 saturated heterocycles. The molecule has 2 aliphatic rings. The third kappa shape index (κ3) is 23.2. The molecule has 2 aliphatic heterocycles. The predicted octanol–water partition coefficient (Wildman–Crippen LogP) is 13.3. The first-order valence-corrected chi connectivity index (χ1v) is 28.6. The minimum atomic E-state index is -0.880. The van der Waals surface area contributed by atoms with Gasteiger partial charge in [-0.2, -0.15) is 0 Å². The maximum atomic E-state index is 13.1. The summed E-state index contributed by atoms with van der Waals surface area (Å²) in [6.07, 6.45) is 46.6. The molecule has 2 unspecified atom stereocenters. The van der Waals surface area contributed by atoms with Gasteiger partial charge in [0.05, 0.1) is 47.6 Å². The number of unbranched alkanes of at least 4 members (excludes halogenated alkanes) is 19. The van der Waals surface area contributed by atoms with Gasteiger partial charge >= 0.3 is 0 Å². The van der Waals surface area contributed by atoms with E-state index in [9.17, 15) is 29.4 Å². The van der Waals surface area contributed by atoms with Crippen molar-refractivity contribution in [3.63, 3.8) is 0 Å². The number of amides is 4. The number of carbonyl (C=O) groups excluding carboxylic acids is 4. The molecular formula is C62H94N4O6. The summed E-state index contributed by atoms with van der Waals surface area (Å²) >= 11 is 0. The second kappa shape index (κ2) is 37.3. The van der Waals surface area contributed by atoms with Crippen LogP contribution in [-0.4, -0.2) is 118 Å². The highest BCUT2D eigenvalue weighted by atomic mass is 16.3. The van der Waals surface area contributed by atoms with Gasteiger partial charge in [-0.25, -0.2) is 0 Å². The fourth-order valence-corrected chi connectivity index (χ4v) is 9.85. The number of imide groups is 2. The average molecular weight is 991 g/mol. The van der Waals surface area contributed by atoms with E-state index in [1.165, 1.54) is 113 Å². The van der Waals surface area contributed by atoms with Gasteiger partial charge in [0.15, 0.2) is 0 Å². The number of aliphatic hydroxyl groups is 2. The molecule has 0 spiro atoms. The zero-order valence-electron chi connectivity index (χ0n) is 44.8. The molecular weight excluding hydrogens is 897 g/mol. The van der Waals surface area contributed by atoms with Crippen LogP contribution in [0.15, 0.2) is 97.1 Å². The van der Waals surface area contributed by atoms with Crippen LogP contribution in [0.4, 0.5) is 0 Å². The lowest BCUT2D eigenvalue weighted by Gasteiger charge is -2.29. The number of fused-ring (bicyclic) bond motifs is 2. The number of hydrogen-bond donors (Lipinski definition) is 2. The molecule has 4 rings (SSSR count). The molecule has 0 aliphatic carbocycles. The molecule has 0 aromatic heterocycles. The standard InChI is InChI=1S/C62H94N4O6/c1-3-5-7-9-11-13-15-17-19-21-23-25-27-29-31-37-45-63(49-53(67)51-65-59(69)55-41-33-34-42-56(55)60(65)70)47-39-40-48-64(50-54(68)52-66-61(71)57-43-35-36-44-58(57)62(66)72)46-38-32-30-28-26-24-22-20-18-16-14-12-10-8-6-4-2/h11-14,17-20,33-36,41-44,53-54,67-68H,3-10,15-16,21-32,37-40,45-52H2,1-2H3/b13-11-,14-12-,19-17-,20-18-. The maximum Gasteiger partial charge on any atom is 0.261 e. The molecule has 0 saturated carbocycles. The van der Waals surface area contributed by atoms with Crippen molar-refractivity contribution in [2.75, 3.05) is 52.4 Å². The number of aliphatic hydroxyl groups excluding tert-OH is 2. The van der Waals surface area contributed by atoms with Crippen LogP contribution < -0.4 is 0 Å². The lowest BCUT2D eigenvalue weighted by molar-refractivity contribution is 0.0451. The molecule has 0 bridgehead atoms. The molecule has 0 fully saturated rings. The van der Waals surface area contributed by atoms with E-state index in [-0.39, 0.29) is 36.7 Å². The summed E-state index contributed by atoms with van der Waals surface area (Å²) < 4.78 is 0. The highest BCUT2D eigenvalue weighted by molar-refractivity contribution is 6.22. The number of rotatable bonds is 43. The first-order valence-electron chi connectivity index (χ1n) is 28.6. The molecule has 10 nitrogen and oxygen atoms in total. The molecule has 72 heavy (non-hydrogen) atoms. The molecule has 2 aromatic rings. The van der Waals surface area contributed by atoms with Gasteiger partial charge in [0.1, 0.15) is 0 Å². The van der Waals surface area contributed by atoms with E-state index in [0.717, 1.165) is 90.4 Å². The summed E-state index contributed by atoms with van der Waals surface area (Å²) in [5, 5.41) is 22.7. The molecule has 2 N–H and O–H groups in total. The Morgan fingerprint density at radius 2 is 0.653 bits per heavy atom. The Morgan fingerprint density at radius 1 is 0.389 bits per heavy atom. The van der Waals surface area contributed by atoms with E-state index in [0.29, 0.717) is 35.3 Å². The van der Waals surface area contributed by atoms with E-state index < -0.39 is 12.2 Å². The van der Waals surface area contributed by atoms with Gasteiger partial charge in [-0.1, -0.05) is 164 Å². The Hall–Kier alpha value is -4.48.